The van der Waals surface area contributed by atoms with E-state index in [1.807, 2.05) is 97.3 Å². The summed E-state index contributed by atoms with van der Waals surface area (Å²) in [5, 5.41) is 2.92. The number of hydrogen-bond acceptors (Lipinski definition) is 6. The van der Waals surface area contributed by atoms with Gasteiger partial charge in [0.2, 0.25) is 0 Å². The van der Waals surface area contributed by atoms with Crippen LogP contribution in [0.2, 0.25) is 0 Å². The first-order chi connectivity index (χ1) is 26.3. The molecule has 0 radical (unpaired) electrons. The van der Waals surface area contributed by atoms with Gasteiger partial charge in [0.15, 0.2) is 5.82 Å². The molecule has 53 heavy (non-hydrogen) atoms. The molecule has 248 valence electrons. The number of hydrogen-bond donors (Lipinski definition) is 0. The molecule has 6 nitrogen and oxygen atoms in total. The molecule has 5 aromatic heterocycles. The van der Waals surface area contributed by atoms with E-state index in [4.69, 9.17) is 19.4 Å². The lowest BCUT2D eigenvalue weighted by Crippen LogP contribution is -1.95. The first-order valence-electron chi connectivity index (χ1n) is 17.5. The van der Waals surface area contributed by atoms with E-state index in [1.165, 1.54) is 0 Å². The van der Waals surface area contributed by atoms with E-state index in [0.717, 1.165) is 94.4 Å². The van der Waals surface area contributed by atoms with Gasteiger partial charge in [-0.1, -0.05) is 115 Å². The Balaban J connectivity index is 1.07. The number of pyridine rings is 3. The Morgan fingerprint density at radius 3 is 1.58 bits per heavy atom. The summed E-state index contributed by atoms with van der Waals surface area (Å²) in [4.78, 5) is 24.1. The molecule has 0 fully saturated rings. The predicted octanol–water partition coefficient (Wildman–Crippen LogP) is 11.7. The molecule has 0 aliphatic heterocycles. The number of para-hydroxylation sites is 2. The molecular weight excluding hydrogens is 651 g/mol. The van der Waals surface area contributed by atoms with E-state index < -0.39 is 0 Å². The van der Waals surface area contributed by atoms with Crippen molar-refractivity contribution >= 4 is 32.8 Å². The maximum atomic E-state index is 6.80. The van der Waals surface area contributed by atoms with Crippen LogP contribution in [0.3, 0.4) is 0 Å². The van der Waals surface area contributed by atoms with E-state index in [0.29, 0.717) is 5.82 Å². The summed E-state index contributed by atoms with van der Waals surface area (Å²) >= 11 is 0. The highest BCUT2D eigenvalue weighted by atomic mass is 16.3. The fourth-order valence-corrected chi connectivity index (χ4v) is 7.14. The zero-order valence-corrected chi connectivity index (χ0v) is 28.4. The van der Waals surface area contributed by atoms with E-state index in [1.54, 1.807) is 12.4 Å². The van der Waals surface area contributed by atoms with Gasteiger partial charge in [-0.2, -0.15) is 0 Å². The molecular formula is C47H29N5O. The average Bonchev–Trinajstić information content (AvgIpc) is 3.65. The van der Waals surface area contributed by atoms with Gasteiger partial charge in [-0.3, -0.25) is 9.97 Å². The number of nitrogens with zero attached hydrogens (tertiary/aromatic N) is 5. The van der Waals surface area contributed by atoms with E-state index in [9.17, 15) is 0 Å². The molecule has 10 aromatic rings. The molecule has 0 unspecified atom stereocenters. The number of aromatic nitrogens is 5. The van der Waals surface area contributed by atoms with Crippen molar-refractivity contribution in [3.8, 4) is 67.5 Å². The van der Waals surface area contributed by atoms with Crippen molar-refractivity contribution in [3.63, 3.8) is 0 Å². The Hall–Kier alpha value is -7.31. The molecule has 6 heteroatoms. The summed E-state index contributed by atoms with van der Waals surface area (Å²) in [5.74, 6) is 1.46. The zero-order valence-electron chi connectivity index (χ0n) is 28.4. The number of fused-ring (bicyclic) bond motifs is 4. The van der Waals surface area contributed by atoms with Crippen LogP contribution >= 0.6 is 0 Å². The Labute approximate surface area is 305 Å². The van der Waals surface area contributed by atoms with Crippen LogP contribution in [-0.2, 0) is 0 Å². The van der Waals surface area contributed by atoms with E-state index in [2.05, 4.69) is 76.7 Å². The summed E-state index contributed by atoms with van der Waals surface area (Å²) in [6, 6.07) is 51.6. The average molecular weight is 680 g/mol. The molecule has 0 amide bonds. The van der Waals surface area contributed by atoms with Crippen molar-refractivity contribution in [2.24, 2.45) is 0 Å². The first kappa shape index (κ1) is 30.5. The van der Waals surface area contributed by atoms with Crippen LogP contribution in [0.5, 0.6) is 0 Å². The van der Waals surface area contributed by atoms with Crippen molar-refractivity contribution in [3.05, 3.63) is 176 Å². The third-order valence-corrected chi connectivity index (χ3v) is 9.69. The van der Waals surface area contributed by atoms with E-state index >= 15 is 0 Å². The molecule has 5 aromatic carbocycles. The monoisotopic (exact) mass is 679 g/mol. The van der Waals surface area contributed by atoms with Crippen LogP contribution in [0.25, 0.3) is 100 Å². The Kier molecular flexibility index (Phi) is 7.36. The quantitative estimate of drug-likeness (QED) is 0.174. The predicted molar refractivity (Wildman–Crippen MR) is 213 cm³/mol. The van der Waals surface area contributed by atoms with Gasteiger partial charge in [0.1, 0.15) is 11.3 Å². The van der Waals surface area contributed by atoms with Crippen molar-refractivity contribution < 1.29 is 4.42 Å². The van der Waals surface area contributed by atoms with Crippen LogP contribution < -0.4 is 0 Å². The summed E-state index contributed by atoms with van der Waals surface area (Å²) in [7, 11) is 0. The molecule has 0 bridgehead atoms. The second-order valence-corrected chi connectivity index (χ2v) is 12.9. The third-order valence-electron chi connectivity index (χ3n) is 9.69. The highest BCUT2D eigenvalue weighted by Gasteiger charge is 2.24. The SMILES string of the molecule is c1ccc(-c2nc(-c3ccc(-c4ccc(-c5nc6ccccc6c6oc(-c7cccnc7)c(-c7cccnc7)c56)cc4)cc3)c3ccccc3n2)cc1. The highest BCUT2D eigenvalue weighted by Crippen LogP contribution is 2.46. The van der Waals surface area contributed by atoms with Gasteiger partial charge in [-0.25, -0.2) is 15.0 Å². The van der Waals surface area contributed by atoms with Crippen LogP contribution in [0.1, 0.15) is 0 Å². The zero-order chi connectivity index (χ0) is 35.1. The van der Waals surface area contributed by atoms with Crippen LogP contribution in [0.15, 0.2) is 181 Å². The van der Waals surface area contributed by atoms with Gasteiger partial charge in [0.05, 0.1) is 27.8 Å². The van der Waals surface area contributed by atoms with Crippen LogP contribution in [-0.4, -0.2) is 24.9 Å². The largest absolute Gasteiger partial charge is 0.455 e. The van der Waals surface area contributed by atoms with Gasteiger partial charge in [0.25, 0.3) is 0 Å². The number of furan rings is 1. The summed E-state index contributed by atoms with van der Waals surface area (Å²) < 4.78 is 6.80. The number of benzene rings is 5. The standard InChI is InChI=1S/C47H29N5O/c1-2-10-34(11-3-1)47-51-39-16-6-4-14-37(39)43(52-47)32-22-18-30(19-23-32)31-20-24-33(25-21-31)44-42-41(35-12-8-26-48-28-35)45(36-13-9-27-49-29-36)53-46(42)38-15-5-7-17-40(38)50-44/h1-29H. The second-order valence-electron chi connectivity index (χ2n) is 12.9. The van der Waals surface area contributed by atoms with Crippen molar-refractivity contribution in [2.75, 3.05) is 0 Å². The minimum Gasteiger partial charge on any atom is -0.455 e. The minimum atomic E-state index is 0.715. The summed E-state index contributed by atoms with van der Waals surface area (Å²) in [6.45, 7) is 0. The first-order valence-corrected chi connectivity index (χ1v) is 17.5. The molecule has 0 atom stereocenters. The van der Waals surface area contributed by atoms with Gasteiger partial charge >= 0.3 is 0 Å². The normalized spacial score (nSPS) is 11.4. The molecule has 10 rings (SSSR count). The molecule has 0 aliphatic rings. The fourth-order valence-electron chi connectivity index (χ4n) is 7.14. The summed E-state index contributed by atoms with van der Waals surface area (Å²) in [5.41, 5.74) is 12.4. The maximum absolute atomic E-state index is 6.80. The van der Waals surface area contributed by atoms with Crippen molar-refractivity contribution in [1.82, 2.24) is 24.9 Å². The summed E-state index contributed by atoms with van der Waals surface area (Å²) in [6.07, 6.45) is 7.27. The Morgan fingerprint density at radius 1 is 0.377 bits per heavy atom. The second kappa shape index (κ2) is 12.8. The molecule has 0 saturated heterocycles. The van der Waals surface area contributed by atoms with Gasteiger partial charge in [-0.05, 0) is 47.5 Å². The fraction of sp³-hybridized carbons (Fsp3) is 0. The lowest BCUT2D eigenvalue weighted by molar-refractivity contribution is 0.635. The topological polar surface area (TPSA) is 77.6 Å². The molecule has 5 heterocycles. The van der Waals surface area contributed by atoms with E-state index in [-0.39, 0.29) is 0 Å². The van der Waals surface area contributed by atoms with Gasteiger partial charge in [0, 0.05) is 68.9 Å². The Bertz CT molecular complexity index is 2910. The molecule has 0 aliphatic carbocycles. The lowest BCUT2D eigenvalue weighted by Gasteiger charge is -2.11. The van der Waals surface area contributed by atoms with Crippen LogP contribution in [0, 0.1) is 0 Å². The van der Waals surface area contributed by atoms with Gasteiger partial charge in [-0.15, -0.1) is 0 Å². The lowest BCUT2D eigenvalue weighted by atomic mass is 9.95. The van der Waals surface area contributed by atoms with Gasteiger partial charge < -0.3 is 4.42 Å². The molecule has 0 N–H and O–H groups in total. The van der Waals surface area contributed by atoms with Crippen molar-refractivity contribution in [1.29, 1.82) is 0 Å². The maximum Gasteiger partial charge on any atom is 0.160 e. The van der Waals surface area contributed by atoms with Crippen molar-refractivity contribution in [2.45, 2.75) is 0 Å². The smallest absolute Gasteiger partial charge is 0.160 e. The highest BCUT2D eigenvalue weighted by molar-refractivity contribution is 6.16. The molecule has 0 saturated carbocycles. The minimum absolute atomic E-state index is 0.715. The molecule has 0 spiro atoms. The van der Waals surface area contributed by atoms with Crippen LogP contribution in [0.4, 0.5) is 0 Å². The Morgan fingerprint density at radius 2 is 0.925 bits per heavy atom. The number of rotatable bonds is 6. The third kappa shape index (κ3) is 5.41.